The van der Waals surface area contributed by atoms with E-state index in [1.54, 1.807) is 0 Å². The van der Waals surface area contributed by atoms with Gasteiger partial charge in [0.25, 0.3) is 0 Å². The van der Waals surface area contributed by atoms with E-state index in [9.17, 15) is 4.57 Å². The van der Waals surface area contributed by atoms with Crippen molar-refractivity contribution in [1.29, 1.82) is 0 Å². The average Bonchev–Trinajstić information content (AvgIpc) is 1.53. The molecule has 0 rings (SSSR count). The quantitative estimate of drug-likeness (QED) is 0.486. The summed E-state index contributed by atoms with van der Waals surface area (Å²) >= 11 is 5.24. The Balaban J connectivity index is 0. The van der Waals surface area contributed by atoms with Crippen molar-refractivity contribution in [2.75, 3.05) is 0 Å². The summed E-state index contributed by atoms with van der Waals surface area (Å²) in [5.41, 5.74) is 0. The third-order valence-electron chi connectivity index (χ3n) is 0.688. The largest absolute Gasteiger partial charge is 0.311 e. The van der Waals surface area contributed by atoms with Crippen molar-refractivity contribution in [3.8, 4) is 0 Å². The van der Waals surface area contributed by atoms with Crippen LogP contribution in [0.25, 0.3) is 0 Å². The molecule has 0 aromatic heterocycles. The monoisotopic (exact) mass is 328 g/mol. The number of hydrogen-bond donors (Lipinski definition) is 1. The molecule has 0 aliphatic carbocycles. The molecule has 0 aliphatic rings. The Hall–Kier alpha value is 1.81. The predicted molar refractivity (Wildman–Crippen MR) is 55.5 cm³/mol. The fourth-order valence-corrected chi connectivity index (χ4v) is 6.20. The summed E-state index contributed by atoms with van der Waals surface area (Å²) in [5.74, 6) is -2.69. The number of thiol groups is 1. The first-order valence-electron chi connectivity index (χ1n) is 3.53. The van der Waals surface area contributed by atoms with E-state index in [0.29, 0.717) is 0 Å². The smallest absolute Gasteiger partial charge is 0.310 e. The maximum atomic E-state index is 11.4. The molecule has 0 heterocycles. The summed E-state index contributed by atoms with van der Waals surface area (Å²) in [6.45, 7) is 7.64. The van der Waals surface area contributed by atoms with Gasteiger partial charge in [0.15, 0.2) is 0 Å². The van der Waals surface area contributed by atoms with Gasteiger partial charge < -0.3 is 4.52 Å². The van der Waals surface area contributed by atoms with Crippen LogP contribution in [0.3, 0.4) is 0 Å². The Morgan fingerprint density at radius 1 is 1.33 bits per heavy atom. The van der Waals surface area contributed by atoms with Crippen LogP contribution in [0.1, 0.15) is 27.7 Å². The molecule has 2 nitrogen and oxygen atoms in total. The van der Waals surface area contributed by atoms with Gasteiger partial charge in [-0.3, -0.25) is 4.57 Å². The minimum atomic E-state index is -2.69. The van der Waals surface area contributed by atoms with E-state index >= 15 is 0 Å². The number of hydrogen-bond acceptors (Lipinski definition) is 3. The predicted octanol–water partition coefficient (Wildman–Crippen LogP) is 3.59. The van der Waals surface area contributed by atoms with Crippen LogP contribution in [0.15, 0.2) is 0 Å². The summed E-state index contributed by atoms with van der Waals surface area (Å²) < 4.78 is 16.6. The normalized spacial score (nSPS) is 15.9. The van der Waals surface area contributed by atoms with Crippen LogP contribution < -0.4 is 0 Å². The minimum Gasteiger partial charge on any atom is -0.311 e. The fourth-order valence-electron chi connectivity index (χ4n) is 0.558. The van der Waals surface area contributed by atoms with Gasteiger partial charge in [0, 0.05) is 32.5 Å². The first kappa shape index (κ1) is 16.2. The number of rotatable bonds is 4. The molecule has 0 bridgehead atoms. The molecule has 0 saturated carbocycles. The summed E-state index contributed by atoms with van der Waals surface area (Å²) in [6, 6.07) is 0. The van der Waals surface area contributed by atoms with E-state index in [1.807, 2.05) is 27.7 Å². The maximum Gasteiger partial charge on any atom is 0.310 e. The third-order valence-corrected chi connectivity index (χ3v) is 5.52. The molecule has 0 fully saturated rings. The van der Waals surface area contributed by atoms with Gasteiger partial charge in [0.05, 0.1) is 6.10 Å². The Morgan fingerprint density at radius 2 is 1.75 bits per heavy atom. The van der Waals surface area contributed by atoms with Crippen LogP contribution in [0.4, 0.5) is 0 Å². The van der Waals surface area contributed by atoms with Crippen molar-refractivity contribution in [2.24, 2.45) is 0 Å². The van der Waals surface area contributed by atoms with Crippen molar-refractivity contribution < 1.29 is 36.4 Å². The first-order valence-corrected chi connectivity index (χ1v) is 7.79. The van der Waals surface area contributed by atoms with Crippen molar-refractivity contribution in [1.82, 2.24) is 0 Å². The molecule has 70 valence electrons. The van der Waals surface area contributed by atoms with E-state index in [-0.39, 0.29) is 38.7 Å². The molecule has 0 spiro atoms. The molecule has 1 atom stereocenters. The molecule has 0 N–H and O–H groups in total. The van der Waals surface area contributed by atoms with E-state index in [4.69, 9.17) is 4.52 Å². The molecular weight excluding hydrogens is 312 g/mol. The Labute approximate surface area is 104 Å². The van der Waals surface area contributed by atoms with Crippen molar-refractivity contribution in [2.45, 2.75) is 39.0 Å². The van der Waals surface area contributed by atoms with Crippen molar-refractivity contribution >= 4 is 29.4 Å². The Kier molecular flexibility index (Phi) is 9.68. The first-order chi connectivity index (χ1) is 4.83. The molecule has 12 heavy (non-hydrogen) atoms. The van der Waals surface area contributed by atoms with Crippen LogP contribution in [-0.4, -0.2) is 11.4 Å². The van der Waals surface area contributed by atoms with E-state index in [1.165, 1.54) is 11.4 Å². The van der Waals surface area contributed by atoms with Crippen LogP contribution in [-0.2, 0) is 36.4 Å². The van der Waals surface area contributed by atoms with Crippen molar-refractivity contribution in [3.63, 3.8) is 0 Å². The van der Waals surface area contributed by atoms with Gasteiger partial charge in [-0.15, -0.1) is 0 Å². The second-order valence-electron chi connectivity index (χ2n) is 2.78. The molecule has 1 unspecified atom stereocenters. The van der Waals surface area contributed by atoms with Gasteiger partial charge in [-0.25, -0.2) is 0 Å². The molecule has 0 amide bonds. The van der Waals surface area contributed by atoms with Crippen LogP contribution >= 0.6 is 29.4 Å². The van der Waals surface area contributed by atoms with Gasteiger partial charge in [0.1, 0.15) is 0 Å². The van der Waals surface area contributed by atoms with Crippen LogP contribution in [0, 0.1) is 0 Å². The summed E-state index contributed by atoms with van der Waals surface area (Å²) in [4.78, 5) is 0. The van der Waals surface area contributed by atoms with Crippen molar-refractivity contribution in [3.05, 3.63) is 0 Å². The zero-order valence-corrected chi connectivity index (χ0v) is 14.6. The molecule has 0 aromatic carbocycles. The maximum absolute atomic E-state index is 11.4. The van der Waals surface area contributed by atoms with Gasteiger partial charge in [-0.2, -0.15) is 0 Å². The third kappa shape index (κ3) is 9.90. The molecule has 0 saturated heterocycles. The van der Waals surface area contributed by atoms with Crippen LogP contribution in [0.5, 0.6) is 0 Å². The zero-order chi connectivity index (χ0) is 9.07. The van der Waals surface area contributed by atoms with Gasteiger partial charge >= 0.3 is 5.77 Å². The van der Waals surface area contributed by atoms with Gasteiger partial charge in [0.2, 0.25) is 0 Å². The standard InChI is InChI=1S/C6H15O2PS2.Cd/c1-5(2)8-9(7,10)11-6(3)4;/h5-6H,1-4H3,(H,7,10);. The molecule has 0 radical (unpaired) electrons. The van der Waals surface area contributed by atoms with Gasteiger partial charge in [-0.05, 0) is 13.8 Å². The van der Waals surface area contributed by atoms with Crippen LogP contribution in [0.2, 0.25) is 0 Å². The van der Waals surface area contributed by atoms with E-state index in [0.717, 1.165) is 0 Å². The molecule has 0 aromatic rings. The Morgan fingerprint density at radius 3 is 2.00 bits per heavy atom. The SMILES string of the molecule is CC(C)OP(=O)(S)SC(C)C.[Cd]. The Bertz CT molecular complexity index is 150. The zero-order valence-electron chi connectivity index (χ0n) is 7.98. The fraction of sp³-hybridized carbons (Fsp3) is 1.00. The summed E-state index contributed by atoms with van der Waals surface area (Å²) in [5, 5.41) is 0.289. The molecule has 6 heteroatoms. The average molecular weight is 327 g/mol. The summed E-state index contributed by atoms with van der Waals surface area (Å²) in [6.07, 6.45) is -0.0235. The van der Waals surface area contributed by atoms with E-state index in [2.05, 4.69) is 12.2 Å². The van der Waals surface area contributed by atoms with E-state index < -0.39 is 5.77 Å². The summed E-state index contributed by atoms with van der Waals surface area (Å²) in [7, 11) is 0. The second kappa shape index (κ2) is 7.15. The topological polar surface area (TPSA) is 26.3 Å². The minimum absolute atomic E-state index is 0. The molecular formula is C6H15CdO2PS2. The van der Waals surface area contributed by atoms with Gasteiger partial charge in [-0.1, -0.05) is 37.5 Å². The molecule has 0 aliphatic heterocycles. The second-order valence-corrected chi connectivity index (χ2v) is 9.54.